The van der Waals surface area contributed by atoms with Crippen LogP contribution in [0.1, 0.15) is 104 Å². The molecule has 4 aliphatic heterocycles. The molecule has 214 valence electrons. The fourth-order valence-electron chi connectivity index (χ4n) is 5.56. The van der Waals surface area contributed by atoms with Gasteiger partial charge in [-0.25, -0.2) is 9.59 Å². The fourth-order valence-corrected chi connectivity index (χ4v) is 5.56. The van der Waals surface area contributed by atoms with Crippen LogP contribution in [0.4, 0.5) is 9.59 Å². The smallest absolute Gasteiger partial charge is 0.325 e. The van der Waals surface area contributed by atoms with E-state index in [4.69, 9.17) is 9.47 Å². The number of carbonyl (C=O) groups excluding carboxylic acids is 4. The first-order valence-electron chi connectivity index (χ1n) is 14.7. The van der Waals surface area contributed by atoms with Gasteiger partial charge in [0.15, 0.2) is 0 Å². The molecule has 0 aromatic heterocycles. The molecule has 0 spiro atoms. The standard InChI is InChI=1S/C28H46N4O6/c1-27(15-13-21-19-37-21)23(33)31(25(35)29-27)17-11-9-7-5-3-4-6-8-10-12-18-32-24(34)28(2,30-26(32)36)16-14-22-20-38-22/h21-22H,3-20H2,1-2H3,(H,29,35)(H,30,36). The van der Waals surface area contributed by atoms with E-state index in [1.807, 2.05) is 13.8 Å². The third kappa shape index (κ3) is 7.68. The molecule has 4 atom stereocenters. The lowest BCUT2D eigenvalue weighted by atomic mass is 9.95. The van der Waals surface area contributed by atoms with Crippen molar-refractivity contribution in [3.63, 3.8) is 0 Å². The number of hydrogen-bond acceptors (Lipinski definition) is 6. The van der Waals surface area contributed by atoms with Gasteiger partial charge in [0.25, 0.3) is 11.8 Å². The zero-order valence-corrected chi connectivity index (χ0v) is 23.2. The van der Waals surface area contributed by atoms with Crippen molar-refractivity contribution in [2.45, 2.75) is 127 Å². The fraction of sp³-hybridized carbons (Fsp3) is 0.857. The van der Waals surface area contributed by atoms with E-state index in [-0.39, 0.29) is 36.1 Å². The number of nitrogens with one attached hydrogen (secondary N) is 2. The molecule has 4 rings (SSSR count). The summed E-state index contributed by atoms with van der Waals surface area (Å²) in [5.41, 5.74) is -1.57. The van der Waals surface area contributed by atoms with Crippen molar-refractivity contribution in [2.75, 3.05) is 26.3 Å². The summed E-state index contributed by atoms with van der Waals surface area (Å²) in [4.78, 5) is 52.8. The van der Waals surface area contributed by atoms with Gasteiger partial charge in [0.2, 0.25) is 0 Å². The molecule has 0 aliphatic carbocycles. The molecule has 0 aromatic carbocycles. The second kappa shape index (κ2) is 12.8. The van der Waals surface area contributed by atoms with Gasteiger partial charge in [-0.1, -0.05) is 51.4 Å². The van der Waals surface area contributed by atoms with Gasteiger partial charge in [-0.3, -0.25) is 19.4 Å². The number of hydrogen-bond donors (Lipinski definition) is 2. The Morgan fingerprint density at radius 3 is 1.26 bits per heavy atom. The predicted octanol–water partition coefficient (Wildman–Crippen LogP) is 3.87. The van der Waals surface area contributed by atoms with Gasteiger partial charge < -0.3 is 20.1 Å². The SMILES string of the molecule is CC1(CCC2CO2)NC(=O)N(CCCCCCCCCCCCN2C(=O)NC(C)(CCC3CO3)C2=O)C1=O. The van der Waals surface area contributed by atoms with E-state index in [0.29, 0.717) is 25.9 Å². The molecule has 4 aliphatic rings. The van der Waals surface area contributed by atoms with E-state index < -0.39 is 11.1 Å². The van der Waals surface area contributed by atoms with Crippen molar-refractivity contribution in [1.29, 1.82) is 0 Å². The van der Waals surface area contributed by atoms with Crippen LogP contribution in [0.15, 0.2) is 0 Å². The van der Waals surface area contributed by atoms with Crippen molar-refractivity contribution in [2.24, 2.45) is 0 Å². The highest BCUT2D eigenvalue weighted by Gasteiger charge is 2.48. The van der Waals surface area contributed by atoms with Crippen molar-refractivity contribution in [3.8, 4) is 0 Å². The molecule has 0 aromatic rings. The Morgan fingerprint density at radius 2 is 0.947 bits per heavy atom. The highest BCUT2D eigenvalue weighted by atomic mass is 16.6. The predicted molar refractivity (Wildman–Crippen MR) is 141 cm³/mol. The van der Waals surface area contributed by atoms with Crippen LogP contribution in [0, 0.1) is 0 Å². The van der Waals surface area contributed by atoms with Gasteiger partial charge in [0.1, 0.15) is 11.1 Å². The van der Waals surface area contributed by atoms with Crippen LogP contribution in [-0.2, 0) is 19.1 Å². The first kappa shape index (κ1) is 28.8. The Labute approximate surface area is 226 Å². The zero-order valence-electron chi connectivity index (χ0n) is 23.2. The molecule has 4 unspecified atom stereocenters. The first-order chi connectivity index (χ1) is 18.2. The third-order valence-corrected chi connectivity index (χ3v) is 8.44. The Kier molecular flexibility index (Phi) is 9.68. The van der Waals surface area contributed by atoms with Crippen LogP contribution < -0.4 is 10.6 Å². The van der Waals surface area contributed by atoms with Crippen LogP contribution in [-0.4, -0.2) is 83.3 Å². The van der Waals surface area contributed by atoms with Crippen LogP contribution in [0.5, 0.6) is 0 Å². The lowest BCUT2D eigenvalue weighted by molar-refractivity contribution is -0.131. The normalized spacial score (nSPS) is 30.3. The number of urea groups is 2. The number of unbranched alkanes of at least 4 members (excludes halogenated alkanes) is 9. The quantitative estimate of drug-likeness (QED) is 0.147. The lowest BCUT2D eigenvalue weighted by Gasteiger charge is -2.21. The molecule has 4 fully saturated rings. The van der Waals surface area contributed by atoms with Crippen molar-refractivity contribution < 1.29 is 28.7 Å². The average Bonchev–Trinajstić information content (AvgIpc) is 3.80. The summed E-state index contributed by atoms with van der Waals surface area (Å²) in [6.45, 7) is 6.15. The monoisotopic (exact) mass is 534 g/mol. The minimum atomic E-state index is -0.786. The minimum Gasteiger partial charge on any atom is -0.373 e. The molecule has 6 amide bonds. The Hall–Kier alpha value is -2.20. The molecule has 0 bridgehead atoms. The van der Waals surface area contributed by atoms with E-state index in [9.17, 15) is 19.2 Å². The summed E-state index contributed by atoms with van der Waals surface area (Å²) in [6.07, 6.45) is 14.0. The van der Waals surface area contributed by atoms with E-state index >= 15 is 0 Å². The number of ether oxygens (including phenoxy) is 2. The first-order valence-corrected chi connectivity index (χ1v) is 14.7. The van der Waals surface area contributed by atoms with Crippen LogP contribution >= 0.6 is 0 Å². The average molecular weight is 535 g/mol. The van der Waals surface area contributed by atoms with Crippen LogP contribution in [0.3, 0.4) is 0 Å². The van der Waals surface area contributed by atoms with Gasteiger partial charge >= 0.3 is 12.1 Å². The van der Waals surface area contributed by atoms with Gasteiger partial charge in [0, 0.05) is 13.1 Å². The maximum absolute atomic E-state index is 12.7. The number of imide groups is 2. The van der Waals surface area contributed by atoms with Gasteiger partial charge in [0.05, 0.1) is 25.4 Å². The molecule has 4 saturated heterocycles. The minimum absolute atomic E-state index is 0.101. The Balaban J connectivity index is 0.970. The summed E-state index contributed by atoms with van der Waals surface area (Å²) in [5, 5.41) is 5.75. The zero-order chi connectivity index (χ0) is 27.2. The number of rotatable bonds is 19. The number of nitrogens with zero attached hydrogens (tertiary/aromatic N) is 2. The van der Waals surface area contributed by atoms with Crippen LogP contribution in [0.25, 0.3) is 0 Å². The van der Waals surface area contributed by atoms with Crippen molar-refractivity contribution in [3.05, 3.63) is 0 Å². The highest BCUT2D eigenvalue weighted by Crippen LogP contribution is 2.28. The molecule has 2 N–H and O–H groups in total. The van der Waals surface area contributed by atoms with Gasteiger partial charge in [-0.05, 0) is 52.4 Å². The number of carbonyl (C=O) groups is 4. The maximum Gasteiger partial charge on any atom is 0.325 e. The molecule has 0 radical (unpaired) electrons. The van der Waals surface area contributed by atoms with Crippen molar-refractivity contribution in [1.82, 2.24) is 20.4 Å². The Morgan fingerprint density at radius 1 is 0.632 bits per heavy atom. The van der Waals surface area contributed by atoms with Gasteiger partial charge in [-0.15, -0.1) is 0 Å². The number of amides is 6. The summed E-state index contributed by atoms with van der Waals surface area (Å²) in [6, 6.07) is -0.525. The summed E-state index contributed by atoms with van der Waals surface area (Å²) < 4.78 is 10.5. The molecular formula is C28H46N4O6. The molecule has 10 heteroatoms. The molecule has 0 saturated carbocycles. The van der Waals surface area contributed by atoms with Gasteiger partial charge in [-0.2, -0.15) is 0 Å². The van der Waals surface area contributed by atoms with Crippen molar-refractivity contribution >= 4 is 23.9 Å². The van der Waals surface area contributed by atoms with E-state index in [1.165, 1.54) is 22.6 Å². The topological polar surface area (TPSA) is 124 Å². The van der Waals surface area contributed by atoms with E-state index in [0.717, 1.165) is 77.4 Å². The highest BCUT2D eigenvalue weighted by molar-refractivity contribution is 6.07. The summed E-state index contributed by atoms with van der Waals surface area (Å²) >= 11 is 0. The molecule has 4 heterocycles. The van der Waals surface area contributed by atoms with E-state index in [2.05, 4.69) is 10.6 Å². The number of epoxide rings is 2. The lowest BCUT2D eigenvalue weighted by Crippen LogP contribution is -2.44. The maximum atomic E-state index is 12.7. The second-order valence-electron chi connectivity index (χ2n) is 12.0. The Bertz CT molecular complexity index is 805. The largest absolute Gasteiger partial charge is 0.373 e. The summed E-state index contributed by atoms with van der Waals surface area (Å²) in [5.74, 6) is -0.203. The van der Waals surface area contributed by atoms with Crippen LogP contribution in [0.2, 0.25) is 0 Å². The molecule has 10 nitrogen and oxygen atoms in total. The third-order valence-electron chi connectivity index (χ3n) is 8.44. The molecular weight excluding hydrogens is 488 g/mol. The molecule has 38 heavy (non-hydrogen) atoms. The van der Waals surface area contributed by atoms with E-state index in [1.54, 1.807) is 0 Å². The summed E-state index contributed by atoms with van der Waals surface area (Å²) in [7, 11) is 0. The second-order valence-corrected chi connectivity index (χ2v) is 12.0.